The van der Waals surface area contributed by atoms with Gasteiger partial charge in [0.15, 0.2) is 11.6 Å². The van der Waals surface area contributed by atoms with E-state index in [-0.39, 0.29) is 16.0 Å². The van der Waals surface area contributed by atoms with Crippen LogP contribution >= 0.6 is 11.6 Å². The monoisotopic (exact) mass is 290 g/mol. The van der Waals surface area contributed by atoms with Gasteiger partial charge in [0, 0.05) is 13.6 Å². The molecule has 0 aliphatic rings. The van der Waals surface area contributed by atoms with Crippen LogP contribution in [0.25, 0.3) is 0 Å². The highest BCUT2D eigenvalue weighted by molar-refractivity contribution is 6.33. The molecule has 0 saturated carbocycles. The SMILES string of the molecule is CN(CC(C)(C)CN)C(=O)c1cc(F)c(F)cc1Cl. The molecule has 0 fully saturated rings. The number of halogens is 3. The van der Waals surface area contributed by atoms with Gasteiger partial charge >= 0.3 is 0 Å². The van der Waals surface area contributed by atoms with Gasteiger partial charge in [-0.25, -0.2) is 8.78 Å². The average Bonchev–Trinajstić information content (AvgIpc) is 2.32. The molecule has 0 unspecified atom stereocenters. The number of nitrogens with zero attached hydrogens (tertiary/aromatic N) is 1. The van der Waals surface area contributed by atoms with Crippen molar-refractivity contribution in [1.29, 1.82) is 0 Å². The third-order valence-electron chi connectivity index (χ3n) is 2.80. The van der Waals surface area contributed by atoms with Gasteiger partial charge in [0.2, 0.25) is 0 Å². The van der Waals surface area contributed by atoms with Gasteiger partial charge in [-0.05, 0) is 24.1 Å². The summed E-state index contributed by atoms with van der Waals surface area (Å²) in [6.45, 7) is 4.60. The highest BCUT2D eigenvalue weighted by Crippen LogP contribution is 2.23. The molecule has 0 bridgehead atoms. The molecule has 6 heteroatoms. The molecule has 1 rings (SSSR count). The summed E-state index contributed by atoms with van der Waals surface area (Å²) in [4.78, 5) is 13.5. The number of carbonyl (C=O) groups excluding carboxylic acids is 1. The number of rotatable bonds is 4. The Morgan fingerprint density at radius 2 is 1.89 bits per heavy atom. The predicted molar refractivity (Wildman–Crippen MR) is 71.2 cm³/mol. The quantitative estimate of drug-likeness (QED) is 0.867. The molecule has 19 heavy (non-hydrogen) atoms. The smallest absolute Gasteiger partial charge is 0.255 e. The van der Waals surface area contributed by atoms with Crippen LogP contribution in [-0.2, 0) is 0 Å². The van der Waals surface area contributed by atoms with E-state index in [0.717, 1.165) is 12.1 Å². The van der Waals surface area contributed by atoms with Crippen molar-refractivity contribution in [3.8, 4) is 0 Å². The van der Waals surface area contributed by atoms with E-state index in [1.54, 1.807) is 7.05 Å². The number of hydrogen-bond acceptors (Lipinski definition) is 2. The van der Waals surface area contributed by atoms with Crippen molar-refractivity contribution < 1.29 is 13.6 Å². The Morgan fingerprint density at radius 1 is 1.37 bits per heavy atom. The molecule has 2 N–H and O–H groups in total. The Kier molecular flexibility index (Phi) is 4.87. The van der Waals surface area contributed by atoms with Crippen molar-refractivity contribution >= 4 is 17.5 Å². The van der Waals surface area contributed by atoms with Gasteiger partial charge in [-0.1, -0.05) is 25.4 Å². The second-order valence-corrected chi connectivity index (χ2v) is 5.68. The molecule has 1 aromatic carbocycles. The van der Waals surface area contributed by atoms with Gasteiger partial charge in [0.05, 0.1) is 10.6 Å². The maximum absolute atomic E-state index is 13.2. The molecule has 0 aliphatic heterocycles. The van der Waals surface area contributed by atoms with E-state index in [1.807, 2.05) is 13.8 Å². The first-order valence-electron chi connectivity index (χ1n) is 5.78. The van der Waals surface area contributed by atoms with Gasteiger partial charge in [-0.2, -0.15) is 0 Å². The molecule has 1 amide bonds. The summed E-state index contributed by atoms with van der Waals surface area (Å²) >= 11 is 5.77. The standard InChI is InChI=1S/C13H17ClF2N2O/c1-13(2,6-17)7-18(3)12(19)8-4-10(15)11(16)5-9(8)14/h4-5H,6-7,17H2,1-3H3. The lowest BCUT2D eigenvalue weighted by Crippen LogP contribution is -2.39. The third-order valence-corrected chi connectivity index (χ3v) is 3.12. The zero-order valence-electron chi connectivity index (χ0n) is 11.1. The van der Waals surface area contributed by atoms with E-state index in [0.29, 0.717) is 13.1 Å². The fraction of sp³-hybridized carbons (Fsp3) is 0.462. The highest BCUT2D eigenvalue weighted by Gasteiger charge is 2.24. The summed E-state index contributed by atoms with van der Waals surface area (Å²) in [6.07, 6.45) is 0. The normalized spacial score (nSPS) is 11.5. The minimum atomic E-state index is -1.10. The Balaban J connectivity index is 2.98. The van der Waals surface area contributed by atoms with E-state index >= 15 is 0 Å². The Labute approximate surface area is 116 Å². The molecular formula is C13H17ClF2N2O. The lowest BCUT2D eigenvalue weighted by atomic mass is 9.93. The second-order valence-electron chi connectivity index (χ2n) is 5.28. The minimum Gasteiger partial charge on any atom is -0.341 e. The van der Waals surface area contributed by atoms with Crippen molar-refractivity contribution in [3.63, 3.8) is 0 Å². The number of hydrogen-bond donors (Lipinski definition) is 1. The van der Waals surface area contributed by atoms with Gasteiger partial charge in [-0.3, -0.25) is 4.79 Å². The van der Waals surface area contributed by atoms with Crippen LogP contribution in [0.5, 0.6) is 0 Å². The van der Waals surface area contributed by atoms with Crippen LogP contribution in [0, 0.1) is 17.0 Å². The molecule has 0 radical (unpaired) electrons. The minimum absolute atomic E-state index is 0.0594. The third kappa shape index (κ3) is 3.88. The van der Waals surface area contributed by atoms with Crippen molar-refractivity contribution in [2.75, 3.05) is 20.1 Å². The summed E-state index contributed by atoms with van der Waals surface area (Å²) in [7, 11) is 1.57. The zero-order valence-corrected chi connectivity index (χ0v) is 11.9. The topological polar surface area (TPSA) is 46.3 Å². The Hall–Kier alpha value is -1.20. The highest BCUT2D eigenvalue weighted by atomic mass is 35.5. The fourth-order valence-electron chi connectivity index (χ4n) is 1.67. The predicted octanol–water partition coefficient (Wildman–Crippen LogP) is 2.68. The molecule has 0 aliphatic carbocycles. The summed E-state index contributed by atoms with van der Waals surface area (Å²) in [5.74, 6) is -2.64. The van der Waals surface area contributed by atoms with Crippen LogP contribution in [0.4, 0.5) is 8.78 Å². The average molecular weight is 291 g/mol. The summed E-state index contributed by atoms with van der Waals surface area (Å²) in [6, 6.07) is 1.61. The lowest BCUT2D eigenvalue weighted by Gasteiger charge is -2.29. The van der Waals surface area contributed by atoms with Crippen LogP contribution in [0.2, 0.25) is 5.02 Å². The first-order chi connectivity index (χ1) is 8.68. The molecule has 1 aromatic rings. The summed E-state index contributed by atoms with van der Waals surface area (Å²) in [5, 5.41) is -0.110. The molecular weight excluding hydrogens is 274 g/mol. The molecule has 0 heterocycles. The van der Waals surface area contributed by atoms with Crippen LogP contribution in [-0.4, -0.2) is 30.9 Å². The van der Waals surface area contributed by atoms with Crippen LogP contribution in [0.1, 0.15) is 24.2 Å². The fourth-order valence-corrected chi connectivity index (χ4v) is 1.90. The van der Waals surface area contributed by atoms with E-state index in [2.05, 4.69) is 0 Å². The lowest BCUT2D eigenvalue weighted by molar-refractivity contribution is 0.0740. The molecule has 0 spiro atoms. The maximum atomic E-state index is 13.2. The second kappa shape index (κ2) is 5.84. The van der Waals surface area contributed by atoms with E-state index in [1.165, 1.54) is 4.90 Å². The number of nitrogens with two attached hydrogens (primary N) is 1. The first-order valence-corrected chi connectivity index (χ1v) is 6.16. The van der Waals surface area contributed by atoms with E-state index < -0.39 is 17.5 Å². The first kappa shape index (κ1) is 15.9. The molecule has 106 valence electrons. The number of carbonyl (C=O) groups is 1. The van der Waals surface area contributed by atoms with Gasteiger partial charge < -0.3 is 10.6 Å². The summed E-state index contributed by atoms with van der Waals surface area (Å²) in [5.41, 5.74) is 5.27. The maximum Gasteiger partial charge on any atom is 0.255 e. The van der Waals surface area contributed by atoms with Crippen molar-refractivity contribution in [3.05, 3.63) is 34.4 Å². The van der Waals surface area contributed by atoms with Crippen LogP contribution in [0.3, 0.4) is 0 Å². The van der Waals surface area contributed by atoms with Gasteiger partial charge in [0.25, 0.3) is 5.91 Å². The number of amides is 1. The van der Waals surface area contributed by atoms with Crippen molar-refractivity contribution in [2.24, 2.45) is 11.1 Å². The molecule has 0 aromatic heterocycles. The zero-order chi connectivity index (χ0) is 14.8. The number of benzene rings is 1. The Bertz CT molecular complexity index is 492. The van der Waals surface area contributed by atoms with E-state index in [4.69, 9.17) is 17.3 Å². The van der Waals surface area contributed by atoms with Gasteiger partial charge in [0.1, 0.15) is 0 Å². The Morgan fingerprint density at radius 3 is 2.42 bits per heavy atom. The van der Waals surface area contributed by atoms with Crippen molar-refractivity contribution in [1.82, 2.24) is 4.90 Å². The molecule has 3 nitrogen and oxygen atoms in total. The largest absolute Gasteiger partial charge is 0.341 e. The molecule has 0 saturated heterocycles. The van der Waals surface area contributed by atoms with Crippen molar-refractivity contribution in [2.45, 2.75) is 13.8 Å². The van der Waals surface area contributed by atoms with Gasteiger partial charge in [-0.15, -0.1) is 0 Å². The van der Waals surface area contributed by atoms with Crippen LogP contribution < -0.4 is 5.73 Å². The van der Waals surface area contributed by atoms with Crippen LogP contribution in [0.15, 0.2) is 12.1 Å². The van der Waals surface area contributed by atoms with E-state index in [9.17, 15) is 13.6 Å². The summed E-state index contributed by atoms with van der Waals surface area (Å²) < 4.78 is 26.1. The molecule has 0 atom stereocenters.